The molecular formula is C15H22FNO4S. The number of carbonyl (C=O) groups excluding carboxylic acids is 1. The van der Waals surface area contributed by atoms with Gasteiger partial charge in [0.05, 0.1) is 4.90 Å². The van der Waals surface area contributed by atoms with Gasteiger partial charge in [-0.1, -0.05) is 0 Å². The molecule has 0 saturated carbocycles. The van der Waals surface area contributed by atoms with Gasteiger partial charge < -0.3 is 4.74 Å². The monoisotopic (exact) mass is 331 g/mol. The van der Waals surface area contributed by atoms with Gasteiger partial charge >= 0.3 is 0 Å². The number of carbonyl (C=O) groups is 1. The molecule has 1 fully saturated rings. The normalized spacial score (nSPS) is 15.8. The molecule has 22 heavy (non-hydrogen) atoms. The van der Waals surface area contributed by atoms with Crippen molar-refractivity contribution in [3.8, 4) is 0 Å². The van der Waals surface area contributed by atoms with E-state index in [-0.39, 0.29) is 10.5 Å². The Kier molecular flexibility index (Phi) is 6.49. The second-order valence-corrected chi connectivity index (χ2v) is 7.83. The molecule has 0 spiro atoms. The molecule has 1 aliphatic rings. The highest BCUT2D eigenvalue weighted by molar-refractivity contribution is 7.89. The summed E-state index contributed by atoms with van der Waals surface area (Å²) in [6.45, 7) is 7.06. The van der Waals surface area contributed by atoms with Crippen molar-refractivity contribution >= 4 is 16.5 Å². The maximum absolute atomic E-state index is 12.6. The van der Waals surface area contributed by atoms with Gasteiger partial charge in [-0.15, -0.1) is 0 Å². The molecule has 1 heterocycles. The van der Waals surface area contributed by atoms with E-state index in [1.807, 2.05) is 20.8 Å². The molecule has 5 nitrogen and oxygen atoms in total. The van der Waals surface area contributed by atoms with E-state index in [0.29, 0.717) is 19.6 Å². The zero-order valence-corrected chi connectivity index (χ0v) is 13.9. The van der Waals surface area contributed by atoms with E-state index < -0.39 is 15.8 Å². The van der Waals surface area contributed by atoms with Crippen molar-refractivity contribution in [3.05, 3.63) is 30.1 Å². The Bertz CT molecular complexity index is 573. The molecule has 7 heteroatoms. The largest absolute Gasteiger partial charge is 0.462 e. The van der Waals surface area contributed by atoms with E-state index in [9.17, 15) is 17.6 Å². The molecule has 1 saturated heterocycles. The van der Waals surface area contributed by atoms with Gasteiger partial charge in [-0.3, -0.25) is 4.79 Å². The molecule has 1 aromatic rings. The molecule has 1 aliphatic heterocycles. The highest BCUT2D eigenvalue weighted by atomic mass is 32.2. The zero-order chi connectivity index (χ0) is 16.8. The molecule has 0 unspecified atom stereocenters. The lowest BCUT2D eigenvalue weighted by Crippen LogP contribution is -2.27. The van der Waals surface area contributed by atoms with Crippen LogP contribution in [-0.2, 0) is 19.6 Å². The SMILES string of the molecule is CC(C)(C)OC=O.O=S(=O)(c1ccc(F)cc1)N1CCCC1. The third-order valence-corrected chi connectivity index (χ3v) is 4.83. The van der Waals surface area contributed by atoms with Crippen LogP contribution in [0.3, 0.4) is 0 Å². The number of sulfonamides is 1. The van der Waals surface area contributed by atoms with Gasteiger partial charge in [-0.2, -0.15) is 4.31 Å². The predicted octanol–water partition coefficient (Wildman–Crippen LogP) is 2.57. The topological polar surface area (TPSA) is 63.7 Å². The molecule has 0 radical (unpaired) electrons. The van der Waals surface area contributed by atoms with Crippen LogP contribution < -0.4 is 0 Å². The van der Waals surface area contributed by atoms with Crippen molar-refractivity contribution in [2.75, 3.05) is 13.1 Å². The number of benzene rings is 1. The van der Waals surface area contributed by atoms with E-state index in [4.69, 9.17) is 0 Å². The molecule has 0 aromatic heterocycles. The third kappa shape index (κ3) is 5.73. The van der Waals surface area contributed by atoms with E-state index in [2.05, 4.69) is 4.74 Å². The van der Waals surface area contributed by atoms with Crippen LogP contribution in [0.4, 0.5) is 4.39 Å². The van der Waals surface area contributed by atoms with Gasteiger partial charge in [0.1, 0.15) is 11.4 Å². The fourth-order valence-corrected chi connectivity index (χ4v) is 3.35. The molecule has 0 atom stereocenters. The maximum Gasteiger partial charge on any atom is 0.293 e. The number of rotatable bonds is 3. The van der Waals surface area contributed by atoms with Crippen LogP contribution in [0.25, 0.3) is 0 Å². The number of ether oxygens (including phenoxy) is 1. The van der Waals surface area contributed by atoms with Gasteiger partial charge in [-0.25, -0.2) is 12.8 Å². The summed E-state index contributed by atoms with van der Waals surface area (Å²) in [5, 5.41) is 0. The molecule has 0 N–H and O–H groups in total. The first kappa shape index (κ1) is 18.6. The molecule has 124 valence electrons. The van der Waals surface area contributed by atoms with Crippen molar-refractivity contribution in [1.82, 2.24) is 4.31 Å². The van der Waals surface area contributed by atoms with Crippen molar-refractivity contribution in [1.29, 1.82) is 0 Å². The zero-order valence-electron chi connectivity index (χ0n) is 13.1. The van der Waals surface area contributed by atoms with E-state index in [1.54, 1.807) is 0 Å². The van der Waals surface area contributed by atoms with E-state index >= 15 is 0 Å². The van der Waals surface area contributed by atoms with Crippen LogP contribution in [0.5, 0.6) is 0 Å². The summed E-state index contributed by atoms with van der Waals surface area (Å²) in [4.78, 5) is 9.77. The first-order chi connectivity index (χ1) is 10.2. The van der Waals surface area contributed by atoms with Crippen LogP contribution in [0, 0.1) is 5.82 Å². The Hall–Kier alpha value is -1.47. The second-order valence-electron chi connectivity index (χ2n) is 5.89. The molecule has 1 aromatic carbocycles. The minimum atomic E-state index is -3.39. The molecule has 0 bridgehead atoms. The van der Waals surface area contributed by atoms with E-state index in [1.165, 1.54) is 28.6 Å². The predicted molar refractivity (Wildman–Crippen MR) is 81.3 cm³/mol. The highest BCUT2D eigenvalue weighted by Gasteiger charge is 2.26. The summed E-state index contributed by atoms with van der Waals surface area (Å²) in [6.07, 6.45) is 1.81. The maximum atomic E-state index is 12.6. The lowest BCUT2D eigenvalue weighted by molar-refractivity contribution is -0.138. The van der Waals surface area contributed by atoms with Crippen molar-refractivity contribution in [2.45, 2.75) is 44.1 Å². The fourth-order valence-electron chi connectivity index (χ4n) is 1.83. The Morgan fingerprint density at radius 2 is 1.64 bits per heavy atom. The van der Waals surface area contributed by atoms with Crippen LogP contribution in [0.15, 0.2) is 29.2 Å². The molecule has 0 aliphatic carbocycles. The standard InChI is InChI=1S/C10H12FNO2S.C5H10O2/c11-9-3-5-10(6-4-9)15(13,14)12-7-1-2-8-12;1-5(2,3)7-4-6/h3-6H,1-2,7-8H2;4H,1-3H3. The number of halogens is 1. The van der Waals surface area contributed by atoms with Gasteiger partial charge in [0.2, 0.25) is 10.0 Å². The first-order valence-electron chi connectivity index (χ1n) is 7.04. The van der Waals surface area contributed by atoms with Gasteiger partial charge in [0.25, 0.3) is 6.47 Å². The fraction of sp³-hybridized carbons (Fsp3) is 0.533. The highest BCUT2D eigenvalue weighted by Crippen LogP contribution is 2.20. The average molecular weight is 331 g/mol. The second kappa shape index (κ2) is 7.69. The summed E-state index contributed by atoms with van der Waals surface area (Å²) in [7, 11) is -3.39. The minimum absolute atomic E-state index is 0.172. The van der Waals surface area contributed by atoms with Gasteiger partial charge in [0.15, 0.2) is 0 Å². The van der Waals surface area contributed by atoms with Crippen LogP contribution in [0.1, 0.15) is 33.6 Å². The quantitative estimate of drug-likeness (QED) is 0.799. The summed E-state index contributed by atoms with van der Waals surface area (Å²) in [5.74, 6) is -0.421. The lowest BCUT2D eigenvalue weighted by atomic mass is 10.2. The first-order valence-corrected chi connectivity index (χ1v) is 8.48. The summed E-state index contributed by atoms with van der Waals surface area (Å²) in [6, 6.07) is 4.96. The van der Waals surface area contributed by atoms with E-state index in [0.717, 1.165) is 12.8 Å². The summed E-state index contributed by atoms with van der Waals surface area (Å²) in [5.41, 5.74) is -0.318. The van der Waals surface area contributed by atoms with Crippen LogP contribution >= 0.6 is 0 Å². The molecule has 0 amide bonds. The van der Waals surface area contributed by atoms with Crippen LogP contribution in [-0.4, -0.2) is 37.9 Å². The van der Waals surface area contributed by atoms with Gasteiger partial charge in [0, 0.05) is 13.1 Å². The third-order valence-electron chi connectivity index (χ3n) is 2.92. The average Bonchev–Trinajstić information content (AvgIpc) is 2.93. The Morgan fingerprint density at radius 1 is 1.14 bits per heavy atom. The number of nitrogens with zero attached hydrogens (tertiary/aromatic N) is 1. The molecule has 2 rings (SSSR count). The van der Waals surface area contributed by atoms with Crippen molar-refractivity contribution < 1.29 is 22.3 Å². The molecular weight excluding hydrogens is 309 g/mol. The van der Waals surface area contributed by atoms with Crippen molar-refractivity contribution in [3.63, 3.8) is 0 Å². The Morgan fingerprint density at radius 3 is 2.00 bits per heavy atom. The minimum Gasteiger partial charge on any atom is -0.462 e. The summed E-state index contributed by atoms with van der Waals surface area (Å²) < 4.78 is 42.5. The van der Waals surface area contributed by atoms with Crippen molar-refractivity contribution in [2.24, 2.45) is 0 Å². The lowest BCUT2D eigenvalue weighted by Gasteiger charge is -2.15. The Labute approximate surface area is 131 Å². The van der Waals surface area contributed by atoms with Gasteiger partial charge in [-0.05, 0) is 57.9 Å². The number of hydrogen-bond acceptors (Lipinski definition) is 4. The summed E-state index contributed by atoms with van der Waals surface area (Å²) >= 11 is 0. The number of hydrogen-bond donors (Lipinski definition) is 0. The Balaban J connectivity index is 0.000000295. The van der Waals surface area contributed by atoms with Crippen LogP contribution in [0.2, 0.25) is 0 Å². The smallest absolute Gasteiger partial charge is 0.293 e.